The molecule has 162 valence electrons. The summed E-state index contributed by atoms with van der Waals surface area (Å²) in [4.78, 5) is 42.1. The minimum atomic E-state index is -0.190. The second kappa shape index (κ2) is 8.26. The topological polar surface area (TPSA) is 76.8 Å². The van der Waals surface area contributed by atoms with Crippen molar-refractivity contribution < 1.29 is 14.3 Å². The Balaban J connectivity index is 1.38. The summed E-state index contributed by atoms with van der Waals surface area (Å²) in [6.45, 7) is 6.36. The lowest BCUT2D eigenvalue weighted by Crippen LogP contribution is -2.52. The number of fused-ring (bicyclic) bond motifs is 1. The largest absolute Gasteiger partial charge is 0.372 e. The van der Waals surface area contributed by atoms with E-state index in [9.17, 15) is 14.4 Å². The van der Waals surface area contributed by atoms with E-state index in [-0.39, 0.29) is 42.2 Å². The molecular formula is C22H30N4O4. The molecule has 2 aliphatic heterocycles. The number of ether oxygens (including phenoxy) is 1. The summed E-state index contributed by atoms with van der Waals surface area (Å²) in [7, 11) is 1.72. The van der Waals surface area contributed by atoms with Crippen LogP contribution in [0.25, 0.3) is 11.0 Å². The van der Waals surface area contributed by atoms with Gasteiger partial charge in [0.05, 0.1) is 23.2 Å². The number of carbonyl (C=O) groups excluding carboxylic acids is 2. The molecule has 2 aliphatic rings. The maximum atomic E-state index is 12.9. The van der Waals surface area contributed by atoms with E-state index in [1.165, 1.54) is 4.57 Å². The van der Waals surface area contributed by atoms with Gasteiger partial charge in [0.2, 0.25) is 11.8 Å². The quantitative estimate of drug-likeness (QED) is 0.757. The molecule has 2 saturated heterocycles. The van der Waals surface area contributed by atoms with Gasteiger partial charge >= 0.3 is 5.69 Å². The fourth-order valence-corrected chi connectivity index (χ4v) is 4.74. The van der Waals surface area contributed by atoms with E-state index in [4.69, 9.17) is 4.74 Å². The van der Waals surface area contributed by atoms with Crippen LogP contribution < -0.4 is 5.69 Å². The minimum absolute atomic E-state index is 0.0251. The Bertz CT molecular complexity index is 992. The van der Waals surface area contributed by atoms with Crippen LogP contribution in [0.3, 0.4) is 0 Å². The lowest BCUT2D eigenvalue weighted by Gasteiger charge is -2.39. The molecule has 0 radical (unpaired) electrons. The summed E-state index contributed by atoms with van der Waals surface area (Å²) in [6, 6.07) is 7.49. The highest BCUT2D eigenvalue weighted by molar-refractivity contribution is 5.82. The van der Waals surface area contributed by atoms with Gasteiger partial charge in [0.1, 0.15) is 6.54 Å². The van der Waals surface area contributed by atoms with Crippen LogP contribution in [0.2, 0.25) is 0 Å². The van der Waals surface area contributed by atoms with Crippen molar-refractivity contribution in [3.8, 4) is 0 Å². The summed E-state index contributed by atoms with van der Waals surface area (Å²) >= 11 is 0. The van der Waals surface area contributed by atoms with Crippen LogP contribution in [0.15, 0.2) is 29.1 Å². The van der Waals surface area contributed by atoms with Crippen molar-refractivity contribution >= 4 is 22.8 Å². The molecule has 30 heavy (non-hydrogen) atoms. The first-order valence-electron chi connectivity index (χ1n) is 10.7. The minimum Gasteiger partial charge on any atom is -0.372 e. The molecular weight excluding hydrogens is 384 g/mol. The van der Waals surface area contributed by atoms with Gasteiger partial charge in [-0.15, -0.1) is 0 Å². The van der Waals surface area contributed by atoms with Crippen molar-refractivity contribution in [2.24, 2.45) is 13.0 Å². The standard InChI is InChI=1S/C22H30N4O4/c1-15-12-25(13-16(2)30-15)21(28)17-8-10-24(11-9-17)20(27)14-26-19-7-5-4-6-18(19)23(3)22(26)29/h4-7,15-17H,8-14H2,1-3H3. The third kappa shape index (κ3) is 3.88. The van der Waals surface area contributed by atoms with E-state index in [0.717, 1.165) is 11.0 Å². The van der Waals surface area contributed by atoms with Gasteiger partial charge in [0, 0.05) is 39.1 Å². The van der Waals surface area contributed by atoms with Crippen molar-refractivity contribution in [3.63, 3.8) is 0 Å². The highest BCUT2D eigenvalue weighted by Crippen LogP contribution is 2.23. The summed E-state index contributed by atoms with van der Waals surface area (Å²) in [5, 5.41) is 0. The molecule has 2 atom stereocenters. The molecule has 1 aromatic carbocycles. The highest BCUT2D eigenvalue weighted by atomic mass is 16.5. The Morgan fingerprint density at radius 3 is 2.23 bits per heavy atom. The number of morpholine rings is 1. The fourth-order valence-electron chi connectivity index (χ4n) is 4.74. The number of hydrogen-bond acceptors (Lipinski definition) is 4. The van der Waals surface area contributed by atoms with Crippen molar-refractivity contribution in [1.29, 1.82) is 0 Å². The number of amides is 2. The second-order valence-corrected chi connectivity index (χ2v) is 8.57. The van der Waals surface area contributed by atoms with Crippen molar-refractivity contribution in [2.75, 3.05) is 26.2 Å². The van der Waals surface area contributed by atoms with Gasteiger partial charge in [0.15, 0.2) is 0 Å². The Morgan fingerprint density at radius 2 is 1.60 bits per heavy atom. The van der Waals surface area contributed by atoms with Crippen LogP contribution in [0.5, 0.6) is 0 Å². The number of imidazole rings is 1. The molecule has 1 aromatic heterocycles. The molecule has 0 bridgehead atoms. The number of para-hydroxylation sites is 2. The van der Waals surface area contributed by atoms with E-state index >= 15 is 0 Å². The lowest BCUT2D eigenvalue weighted by atomic mass is 9.94. The van der Waals surface area contributed by atoms with E-state index in [2.05, 4.69) is 0 Å². The van der Waals surface area contributed by atoms with Crippen LogP contribution in [0.4, 0.5) is 0 Å². The zero-order valence-corrected chi connectivity index (χ0v) is 17.9. The van der Waals surface area contributed by atoms with Crippen molar-refractivity contribution in [2.45, 2.75) is 45.4 Å². The molecule has 3 heterocycles. The molecule has 4 rings (SSSR count). The summed E-state index contributed by atoms with van der Waals surface area (Å²) < 4.78 is 8.82. The second-order valence-electron chi connectivity index (χ2n) is 8.57. The first-order chi connectivity index (χ1) is 14.3. The highest BCUT2D eigenvalue weighted by Gasteiger charge is 2.33. The number of rotatable bonds is 3. The molecule has 0 N–H and O–H groups in total. The normalized spacial score (nSPS) is 23.2. The molecule has 2 amide bonds. The molecule has 8 nitrogen and oxygen atoms in total. The summed E-state index contributed by atoms with van der Waals surface area (Å²) in [5.41, 5.74) is 1.39. The van der Waals surface area contributed by atoms with Crippen molar-refractivity contribution in [3.05, 3.63) is 34.7 Å². The average Bonchev–Trinajstić information content (AvgIpc) is 2.98. The fraction of sp³-hybridized carbons (Fsp3) is 0.591. The average molecular weight is 415 g/mol. The molecule has 2 aromatic rings. The first-order valence-corrected chi connectivity index (χ1v) is 10.7. The van der Waals surface area contributed by atoms with Gasteiger partial charge in [-0.1, -0.05) is 12.1 Å². The third-order valence-electron chi connectivity index (χ3n) is 6.27. The summed E-state index contributed by atoms with van der Waals surface area (Å²) in [6.07, 6.45) is 1.43. The van der Waals surface area contributed by atoms with Crippen LogP contribution in [-0.4, -0.2) is 69.1 Å². The Hall–Kier alpha value is -2.61. The maximum absolute atomic E-state index is 12.9. The van der Waals surface area contributed by atoms with E-state index in [0.29, 0.717) is 39.0 Å². The van der Waals surface area contributed by atoms with Gasteiger partial charge in [-0.25, -0.2) is 4.79 Å². The maximum Gasteiger partial charge on any atom is 0.329 e. The van der Waals surface area contributed by atoms with Gasteiger partial charge < -0.3 is 14.5 Å². The first kappa shape index (κ1) is 20.7. The molecule has 0 aliphatic carbocycles. The molecule has 2 fully saturated rings. The van der Waals surface area contributed by atoms with E-state index in [1.54, 1.807) is 16.5 Å². The van der Waals surface area contributed by atoms with Gasteiger partial charge in [-0.2, -0.15) is 0 Å². The number of benzene rings is 1. The predicted octanol–water partition coefficient (Wildman–Crippen LogP) is 1.21. The van der Waals surface area contributed by atoms with E-state index < -0.39 is 0 Å². The molecule has 0 saturated carbocycles. The number of aromatic nitrogens is 2. The van der Waals surface area contributed by atoms with Gasteiger partial charge in [-0.05, 0) is 38.8 Å². The van der Waals surface area contributed by atoms with Gasteiger partial charge in [-0.3, -0.25) is 18.7 Å². The third-order valence-corrected chi connectivity index (χ3v) is 6.27. The number of likely N-dealkylation sites (tertiary alicyclic amines) is 1. The predicted molar refractivity (Wildman–Crippen MR) is 113 cm³/mol. The molecule has 0 spiro atoms. The zero-order chi connectivity index (χ0) is 21.4. The lowest BCUT2D eigenvalue weighted by molar-refractivity contribution is -0.150. The zero-order valence-electron chi connectivity index (χ0n) is 17.9. The van der Waals surface area contributed by atoms with Crippen LogP contribution in [-0.2, 0) is 27.9 Å². The Morgan fingerprint density at radius 1 is 1.00 bits per heavy atom. The van der Waals surface area contributed by atoms with Crippen LogP contribution in [0, 0.1) is 5.92 Å². The number of carbonyl (C=O) groups is 2. The number of nitrogens with zero attached hydrogens (tertiary/aromatic N) is 4. The Labute approximate surface area is 176 Å². The SMILES string of the molecule is CC1CN(C(=O)C2CCN(C(=O)Cn3c(=O)n(C)c4ccccc43)CC2)CC(C)O1. The number of piperidine rings is 1. The van der Waals surface area contributed by atoms with Crippen LogP contribution >= 0.6 is 0 Å². The molecule has 2 unspecified atom stereocenters. The smallest absolute Gasteiger partial charge is 0.329 e. The monoisotopic (exact) mass is 414 g/mol. The molecule has 8 heteroatoms. The van der Waals surface area contributed by atoms with Gasteiger partial charge in [0.25, 0.3) is 0 Å². The number of hydrogen-bond donors (Lipinski definition) is 0. The van der Waals surface area contributed by atoms with Crippen LogP contribution in [0.1, 0.15) is 26.7 Å². The summed E-state index contributed by atoms with van der Waals surface area (Å²) in [5.74, 6) is 0.0502. The Kier molecular flexibility index (Phi) is 5.69. The van der Waals surface area contributed by atoms with E-state index in [1.807, 2.05) is 43.0 Å². The number of aryl methyl sites for hydroxylation is 1. The van der Waals surface area contributed by atoms with Crippen molar-refractivity contribution in [1.82, 2.24) is 18.9 Å².